The number of aromatic nitrogens is 1. The molecule has 4 rings (SSSR count). The molecular formula is C23H22N2. The number of nitrogens with one attached hydrogen (secondary N) is 1. The van der Waals surface area contributed by atoms with Gasteiger partial charge in [0.1, 0.15) is 0 Å². The fraction of sp³-hybridized carbons (Fsp3) is 0.174. The fourth-order valence-electron chi connectivity index (χ4n) is 3.47. The Bertz CT molecular complexity index is 854. The van der Waals surface area contributed by atoms with E-state index in [1.165, 1.54) is 27.8 Å². The van der Waals surface area contributed by atoms with Crippen molar-refractivity contribution in [3.63, 3.8) is 0 Å². The maximum Gasteiger partial charge on any atom is 0.0346 e. The molecule has 0 spiro atoms. The van der Waals surface area contributed by atoms with Gasteiger partial charge in [0.05, 0.1) is 0 Å². The normalized spacial score (nSPS) is 17.1. The molecule has 1 N–H and O–H groups in total. The van der Waals surface area contributed by atoms with E-state index in [4.69, 9.17) is 0 Å². The highest BCUT2D eigenvalue weighted by Gasteiger charge is 2.16. The van der Waals surface area contributed by atoms with E-state index in [1.807, 2.05) is 18.5 Å². The highest BCUT2D eigenvalue weighted by molar-refractivity contribution is 5.67. The van der Waals surface area contributed by atoms with Gasteiger partial charge >= 0.3 is 0 Å². The van der Waals surface area contributed by atoms with Gasteiger partial charge in [0.15, 0.2) is 0 Å². The molecule has 25 heavy (non-hydrogen) atoms. The maximum atomic E-state index is 4.46. The second-order valence-electron chi connectivity index (χ2n) is 6.56. The second kappa shape index (κ2) is 7.45. The molecule has 0 aliphatic carbocycles. The number of hydrogen-bond donors (Lipinski definition) is 1. The van der Waals surface area contributed by atoms with Crippen molar-refractivity contribution in [3.8, 4) is 11.1 Å². The predicted octanol–water partition coefficient (Wildman–Crippen LogP) is 4.74. The van der Waals surface area contributed by atoms with E-state index < -0.39 is 0 Å². The quantitative estimate of drug-likeness (QED) is 0.749. The summed E-state index contributed by atoms with van der Waals surface area (Å²) in [6.07, 6.45) is 8.30. The molecular weight excluding hydrogens is 304 g/mol. The molecule has 0 amide bonds. The molecule has 3 aromatic rings. The zero-order chi connectivity index (χ0) is 16.9. The summed E-state index contributed by atoms with van der Waals surface area (Å²) in [5.74, 6) is 0. The van der Waals surface area contributed by atoms with E-state index in [0.29, 0.717) is 6.04 Å². The predicted molar refractivity (Wildman–Crippen MR) is 104 cm³/mol. The van der Waals surface area contributed by atoms with Crippen LogP contribution in [-0.4, -0.2) is 17.6 Å². The Morgan fingerprint density at radius 3 is 2.32 bits per heavy atom. The average molecular weight is 326 g/mol. The molecule has 1 aliphatic heterocycles. The molecule has 0 saturated carbocycles. The van der Waals surface area contributed by atoms with Crippen LogP contribution in [0.1, 0.15) is 17.5 Å². The van der Waals surface area contributed by atoms with Gasteiger partial charge in [0.25, 0.3) is 0 Å². The molecule has 2 nitrogen and oxygen atoms in total. The van der Waals surface area contributed by atoms with Gasteiger partial charge < -0.3 is 5.32 Å². The van der Waals surface area contributed by atoms with Crippen molar-refractivity contribution in [1.82, 2.24) is 10.3 Å². The van der Waals surface area contributed by atoms with Gasteiger partial charge in [-0.15, -0.1) is 0 Å². The van der Waals surface area contributed by atoms with Crippen molar-refractivity contribution < 1.29 is 0 Å². The summed E-state index contributed by atoms with van der Waals surface area (Å²) in [6.45, 7) is 0.931. The number of benzene rings is 2. The summed E-state index contributed by atoms with van der Waals surface area (Å²) in [7, 11) is 0. The Balaban J connectivity index is 1.49. The van der Waals surface area contributed by atoms with Crippen LogP contribution in [0.25, 0.3) is 16.7 Å². The van der Waals surface area contributed by atoms with Crippen LogP contribution in [0, 0.1) is 0 Å². The molecule has 0 saturated heterocycles. The Morgan fingerprint density at radius 1 is 0.840 bits per heavy atom. The first kappa shape index (κ1) is 15.8. The first-order valence-electron chi connectivity index (χ1n) is 8.86. The van der Waals surface area contributed by atoms with Gasteiger partial charge in [0.2, 0.25) is 0 Å². The van der Waals surface area contributed by atoms with Crippen molar-refractivity contribution in [2.75, 3.05) is 6.54 Å². The highest BCUT2D eigenvalue weighted by Crippen LogP contribution is 2.25. The van der Waals surface area contributed by atoms with Crippen LogP contribution in [0.15, 0.2) is 85.2 Å². The van der Waals surface area contributed by atoms with Crippen molar-refractivity contribution in [2.45, 2.75) is 18.9 Å². The van der Waals surface area contributed by atoms with Crippen LogP contribution in [0.3, 0.4) is 0 Å². The SMILES string of the molecule is C1=C(c2ccccc2)CC(Cc2cncc(-c3ccccc3)c2)NC1. The van der Waals surface area contributed by atoms with Crippen LogP contribution in [0.2, 0.25) is 0 Å². The highest BCUT2D eigenvalue weighted by atomic mass is 14.9. The van der Waals surface area contributed by atoms with Crippen LogP contribution in [0.5, 0.6) is 0 Å². The summed E-state index contributed by atoms with van der Waals surface area (Å²) in [6, 6.07) is 23.9. The van der Waals surface area contributed by atoms with Crippen molar-refractivity contribution in [1.29, 1.82) is 0 Å². The van der Waals surface area contributed by atoms with E-state index in [2.05, 4.69) is 77.0 Å². The molecule has 1 atom stereocenters. The average Bonchev–Trinajstić information content (AvgIpc) is 2.70. The number of hydrogen-bond acceptors (Lipinski definition) is 2. The molecule has 2 heteroatoms. The molecule has 1 unspecified atom stereocenters. The Morgan fingerprint density at radius 2 is 1.56 bits per heavy atom. The largest absolute Gasteiger partial charge is 0.310 e. The third-order valence-corrected chi connectivity index (χ3v) is 4.75. The Kier molecular flexibility index (Phi) is 4.71. The lowest BCUT2D eigenvalue weighted by molar-refractivity contribution is 0.532. The smallest absolute Gasteiger partial charge is 0.0346 e. The van der Waals surface area contributed by atoms with E-state index in [-0.39, 0.29) is 0 Å². The number of nitrogens with zero attached hydrogens (tertiary/aromatic N) is 1. The molecule has 1 aromatic heterocycles. The summed E-state index contributed by atoms with van der Waals surface area (Å²) >= 11 is 0. The lowest BCUT2D eigenvalue weighted by Crippen LogP contribution is -2.34. The van der Waals surface area contributed by atoms with E-state index in [9.17, 15) is 0 Å². The number of rotatable bonds is 4. The van der Waals surface area contributed by atoms with Gasteiger partial charge in [-0.25, -0.2) is 0 Å². The van der Waals surface area contributed by atoms with Crippen LogP contribution >= 0.6 is 0 Å². The van der Waals surface area contributed by atoms with Gasteiger partial charge in [-0.3, -0.25) is 4.98 Å². The molecule has 0 fully saturated rings. The van der Waals surface area contributed by atoms with Crippen LogP contribution < -0.4 is 5.32 Å². The van der Waals surface area contributed by atoms with Gasteiger partial charge in [-0.2, -0.15) is 0 Å². The zero-order valence-electron chi connectivity index (χ0n) is 14.2. The topological polar surface area (TPSA) is 24.9 Å². The molecule has 1 aliphatic rings. The minimum Gasteiger partial charge on any atom is -0.310 e. The van der Waals surface area contributed by atoms with Crippen LogP contribution in [-0.2, 0) is 6.42 Å². The van der Waals surface area contributed by atoms with Crippen LogP contribution in [0.4, 0.5) is 0 Å². The summed E-state index contributed by atoms with van der Waals surface area (Å²) in [5, 5.41) is 3.62. The lowest BCUT2D eigenvalue weighted by Gasteiger charge is -2.25. The monoisotopic (exact) mass is 326 g/mol. The number of pyridine rings is 1. The molecule has 0 radical (unpaired) electrons. The second-order valence-corrected chi connectivity index (χ2v) is 6.56. The van der Waals surface area contributed by atoms with Crippen molar-refractivity contribution in [3.05, 3.63) is 96.3 Å². The summed E-state index contributed by atoms with van der Waals surface area (Å²) in [4.78, 5) is 4.46. The van der Waals surface area contributed by atoms with Crippen molar-refractivity contribution in [2.24, 2.45) is 0 Å². The lowest BCUT2D eigenvalue weighted by atomic mass is 9.92. The standard InChI is InChI=1S/C23H22N2/c1-3-7-19(8-4-1)21-11-12-25-23(15-21)14-18-13-22(17-24-16-18)20-9-5-2-6-10-20/h1-11,13,16-17,23,25H,12,14-15H2. The zero-order valence-corrected chi connectivity index (χ0v) is 14.2. The third kappa shape index (κ3) is 3.86. The molecule has 124 valence electrons. The minimum absolute atomic E-state index is 0.452. The Labute approximate surface area is 149 Å². The maximum absolute atomic E-state index is 4.46. The van der Waals surface area contributed by atoms with Crippen molar-refractivity contribution >= 4 is 5.57 Å². The minimum atomic E-state index is 0.452. The summed E-state index contributed by atoms with van der Waals surface area (Å²) in [5.41, 5.74) is 6.47. The first-order chi connectivity index (χ1) is 12.4. The fourth-order valence-corrected chi connectivity index (χ4v) is 3.47. The van der Waals surface area contributed by atoms with E-state index in [1.54, 1.807) is 0 Å². The molecule has 2 aromatic carbocycles. The van der Waals surface area contributed by atoms with Gasteiger partial charge in [0, 0.05) is 30.5 Å². The molecule has 2 heterocycles. The first-order valence-corrected chi connectivity index (χ1v) is 8.86. The van der Waals surface area contributed by atoms with Gasteiger partial charge in [-0.1, -0.05) is 66.7 Å². The van der Waals surface area contributed by atoms with E-state index >= 15 is 0 Å². The van der Waals surface area contributed by atoms with Gasteiger partial charge in [-0.05, 0) is 41.2 Å². The van der Waals surface area contributed by atoms with E-state index in [0.717, 1.165) is 19.4 Å². The Hall–Kier alpha value is -2.71. The molecule has 0 bridgehead atoms. The third-order valence-electron chi connectivity index (χ3n) is 4.75. The summed E-state index contributed by atoms with van der Waals surface area (Å²) < 4.78 is 0.